The molecule has 100 valence electrons. The summed E-state index contributed by atoms with van der Waals surface area (Å²) in [7, 11) is 0. The van der Waals surface area contributed by atoms with Gasteiger partial charge in [0.15, 0.2) is 0 Å². The monoisotopic (exact) mass is 258 g/mol. The number of fused-ring (bicyclic) bond motifs is 1. The van der Waals surface area contributed by atoms with Crippen LogP contribution < -0.4 is 10.2 Å². The lowest BCUT2D eigenvalue weighted by atomic mass is 10.2. The number of morpholine rings is 1. The average Bonchev–Trinajstić information content (AvgIpc) is 2.48. The summed E-state index contributed by atoms with van der Waals surface area (Å²) in [5, 5.41) is 4.30. The Bertz CT molecular complexity index is 566. The van der Waals surface area contributed by atoms with Crippen molar-refractivity contribution in [1.82, 2.24) is 9.97 Å². The van der Waals surface area contributed by atoms with Crippen LogP contribution in [-0.4, -0.2) is 42.8 Å². The van der Waals surface area contributed by atoms with Gasteiger partial charge in [0.2, 0.25) is 5.95 Å². The molecule has 2 aromatic rings. The highest BCUT2D eigenvalue weighted by Crippen LogP contribution is 2.25. The van der Waals surface area contributed by atoms with E-state index in [1.807, 2.05) is 25.1 Å². The molecule has 1 N–H and O–H groups in total. The number of nitrogens with one attached hydrogen (secondary N) is 1. The molecule has 1 aromatic heterocycles. The molecule has 0 aliphatic carbocycles. The van der Waals surface area contributed by atoms with E-state index in [0.29, 0.717) is 5.95 Å². The van der Waals surface area contributed by atoms with E-state index < -0.39 is 0 Å². The average molecular weight is 258 g/mol. The van der Waals surface area contributed by atoms with Crippen molar-refractivity contribution in [2.24, 2.45) is 0 Å². The van der Waals surface area contributed by atoms with Crippen molar-refractivity contribution >= 4 is 22.7 Å². The second-order valence-electron chi connectivity index (χ2n) is 4.52. The van der Waals surface area contributed by atoms with Crippen molar-refractivity contribution in [3.8, 4) is 0 Å². The number of hydrogen-bond donors (Lipinski definition) is 1. The molecule has 1 aliphatic rings. The van der Waals surface area contributed by atoms with Crippen molar-refractivity contribution in [2.75, 3.05) is 43.1 Å². The van der Waals surface area contributed by atoms with Crippen LogP contribution in [0.2, 0.25) is 0 Å². The third kappa shape index (κ3) is 2.46. The molecule has 5 nitrogen and oxygen atoms in total. The molecule has 0 radical (unpaired) electrons. The third-order valence-electron chi connectivity index (χ3n) is 3.23. The van der Waals surface area contributed by atoms with Crippen LogP contribution in [0.25, 0.3) is 10.9 Å². The van der Waals surface area contributed by atoms with Gasteiger partial charge in [-0.3, -0.25) is 0 Å². The van der Waals surface area contributed by atoms with Crippen LogP contribution in [0.15, 0.2) is 24.3 Å². The molecule has 3 rings (SSSR count). The lowest BCUT2D eigenvalue weighted by molar-refractivity contribution is 0.122. The van der Waals surface area contributed by atoms with Gasteiger partial charge in [0.05, 0.1) is 18.7 Å². The van der Waals surface area contributed by atoms with Crippen molar-refractivity contribution in [3.05, 3.63) is 24.3 Å². The van der Waals surface area contributed by atoms with Crippen LogP contribution >= 0.6 is 0 Å². The molecule has 0 atom stereocenters. The van der Waals surface area contributed by atoms with Gasteiger partial charge in [0.25, 0.3) is 0 Å². The first-order valence-electron chi connectivity index (χ1n) is 6.72. The Morgan fingerprint density at radius 1 is 1.21 bits per heavy atom. The first-order chi connectivity index (χ1) is 9.38. The summed E-state index contributed by atoms with van der Waals surface area (Å²) in [6.45, 7) is 6.15. The Labute approximate surface area is 112 Å². The van der Waals surface area contributed by atoms with Gasteiger partial charge in [-0.25, -0.2) is 4.98 Å². The van der Waals surface area contributed by atoms with Crippen LogP contribution in [0.5, 0.6) is 0 Å². The Balaban J connectivity index is 2.08. The Morgan fingerprint density at radius 2 is 2.00 bits per heavy atom. The van der Waals surface area contributed by atoms with Gasteiger partial charge in [-0.1, -0.05) is 12.1 Å². The first kappa shape index (κ1) is 12.2. The number of anilines is 2. The zero-order chi connectivity index (χ0) is 13.1. The maximum atomic E-state index is 5.41. The summed E-state index contributed by atoms with van der Waals surface area (Å²) in [6, 6.07) is 8.15. The largest absolute Gasteiger partial charge is 0.378 e. The predicted molar refractivity (Wildman–Crippen MR) is 76.7 cm³/mol. The molecule has 0 unspecified atom stereocenters. The van der Waals surface area contributed by atoms with Crippen molar-refractivity contribution in [2.45, 2.75) is 6.92 Å². The van der Waals surface area contributed by atoms with Crippen LogP contribution in [0.1, 0.15) is 6.92 Å². The molecule has 1 fully saturated rings. The topological polar surface area (TPSA) is 50.3 Å². The highest BCUT2D eigenvalue weighted by atomic mass is 16.5. The molecule has 1 aliphatic heterocycles. The van der Waals surface area contributed by atoms with Gasteiger partial charge in [-0.05, 0) is 19.1 Å². The van der Waals surface area contributed by atoms with Gasteiger partial charge in [-0.15, -0.1) is 0 Å². The zero-order valence-corrected chi connectivity index (χ0v) is 11.1. The van der Waals surface area contributed by atoms with E-state index in [-0.39, 0.29) is 0 Å². The molecular weight excluding hydrogens is 240 g/mol. The highest BCUT2D eigenvalue weighted by molar-refractivity contribution is 5.90. The minimum Gasteiger partial charge on any atom is -0.378 e. The van der Waals surface area contributed by atoms with Gasteiger partial charge in [-0.2, -0.15) is 4.98 Å². The minimum absolute atomic E-state index is 0.697. The summed E-state index contributed by atoms with van der Waals surface area (Å²) in [4.78, 5) is 11.5. The molecule has 0 bridgehead atoms. The van der Waals surface area contributed by atoms with Gasteiger partial charge in [0, 0.05) is 25.0 Å². The SMILES string of the molecule is CCNc1nc(N2CCOCC2)c2ccccc2n1. The summed E-state index contributed by atoms with van der Waals surface area (Å²) < 4.78 is 5.41. The first-order valence-corrected chi connectivity index (χ1v) is 6.72. The summed E-state index contributed by atoms with van der Waals surface area (Å²) in [5.41, 5.74) is 0.981. The van der Waals surface area contributed by atoms with Crippen LogP contribution in [0, 0.1) is 0 Å². The van der Waals surface area contributed by atoms with Crippen molar-refractivity contribution in [1.29, 1.82) is 0 Å². The second-order valence-corrected chi connectivity index (χ2v) is 4.52. The smallest absolute Gasteiger partial charge is 0.225 e. The number of rotatable bonds is 3. The van der Waals surface area contributed by atoms with Crippen molar-refractivity contribution in [3.63, 3.8) is 0 Å². The molecule has 1 aromatic carbocycles. The standard InChI is InChI=1S/C14H18N4O/c1-2-15-14-16-12-6-4-3-5-11(12)13(17-14)18-7-9-19-10-8-18/h3-6H,2,7-10H2,1H3,(H,15,16,17). The fraction of sp³-hybridized carbons (Fsp3) is 0.429. The highest BCUT2D eigenvalue weighted by Gasteiger charge is 2.16. The normalized spacial score (nSPS) is 15.7. The van der Waals surface area contributed by atoms with Crippen LogP contribution in [0.3, 0.4) is 0 Å². The summed E-state index contributed by atoms with van der Waals surface area (Å²) >= 11 is 0. The van der Waals surface area contributed by atoms with Gasteiger partial charge >= 0.3 is 0 Å². The Morgan fingerprint density at radius 3 is 2.79 bits per heavy atom. The third-order valence-corrected chi connectivity index (χ3v) is 3.23. The number of ether oxygens (including phenoxy) is 1. The number of nitrogens with zero attached hydrogens (tertiary/aromatic N) is 3. The molecule has 0 saturated carbocycles. The van der Waals surface area contributed by atoms with E-state index in [2.05, 4.69) is 26.3 Å². The van der Waals surface area contributed by atoms with Crippen molar-refractivity contribution < 1.29 is 4.74 Å². The van der Waals surface area contributed by atoms with E-state index in [1.54, 1.807) is 0 Å². The number of hydrogen-bond acceptors (Lipinski definition) is 5. The molecule has 5 heteroatoms. The van der Waals surface area contributed by atoms with E-state index in [0.717, 1.165) is 49.6 Å². The maximum Gasteiger partial charge on any atom is 0.225 e. The predicted octanol–water partition coefficient (Wildman–Crippen LogP) is 1.90. The maximum absolute atomic E-state index is 5.41. The van der Waals surface area contributed by atoms with E-state index in [9.17, 15) is 0 Å². The molecule has 2 heterocycles. The molecule has 19 heavy (non-hydrogen) atoms. The number of aromatic nitrogens is 2. The number of para-hydroxylation sites is 1. The van der Waals surface area contributed by atoms with E-state index in [4.69, 9.17) is 4.74 Å². The zero-order valence-electron chi connectivity index (χ0n) is 11.1. The van der Waals surface area contributed by atoms with Crippen LogP contribution in [0.4, 0.5) is 11.8 Å². The van der Waals surface area contributed by atoms with Gasteiger partial charge < -0.3 is 15.0 Å². The Hall–Kier alpha value is -1.88. The minimum atomic E-state index is 0.697. The second kappa shape index (κ2) is 5.40. The molecule has 0 spiro atoms. The van der Waals surface area contributed by atoms with Crippen LogP contribution in [-0.2, 0) is 4.74 Å². The molecule has 1 saturated heterocycles. The summed E-state index contributed by atoms with van der Waals surface area (Å²) in [6.07, 6.45) is 0. The molecule has 0 amide bonds. The summed E-state index contributed by atoms with van der Waals surface area (Å²) in [5.74, 6) is 1.70. The fourth-order valence-electron chi connectivity index (χ4n) is 2.31. The lowest BCUT2D eigenvalue weighted by Gasteiger charge is -2.28. The fourth-order valence-corrected chi connectivity index (χ4v) is 2.31. The lowest BCUT2D eigenvalue weighted by Crippen LogP contribution is -2.37. The number of benzene rings is 1. The molecular formula is C14H18N4O. The van der Waals surface area contributed by atoms with E-state index in [1.165, 1.54) is 0 Å². The Kier molecular flexibility index (Phi) is 3.46. The van der Waals surface area contributed by atoms with E-state index >= 15 is 0 Å². The van der Waals surface area contributed by atoms with Gasteiger partial charge in [0.1, 0.15) is 5.82 Å². The quantitative estimate of drug-likeness (QED) is 0.911.